The summed E-state index contributed by atoms with van der Waals surface area (Å²) >= 11 is 0. The Labute approximate surface area is 111 Å². The van der Waals surface area contributed by atoms with Gasteiger partial charge < -0.3 is 4.90 Å². The Morgan fingerprint density at radius 1 is 1.05 bits per heavy atom. The molecule has 19 heavy (non-hydrogen) atoms. The van der Waals surface area contributed by atoms with Gasteiger partial charge in [-0.1, -0.05) is 12.1 Å². The lowest BCUT2D eigenvalue weighted by atomic mass is 10.1. The van der Waals surface area contributed by atoms with Crippen molar-refractivity contribution in [3.05, 3.63) is 35.4 Å². The number of carbonyl (C=O) groups is 2. The Morgan fingerprint density at radius 3 is 2.11 bits per heavy atom. The second-order valence-electron chi connectivity index (χ2n) is 5.06. The van der Waals surface area contributed by atoms with Crippen LogP contribution in [-0.2, 0) is 4.84 Å². The second kappa shape index (κ2) is 4.75. The fraction of sp³-hybridized carbons (Fsp3) is 0.429. The van der Waals surface area contributed by atoms with Gasteiger partial charge in [0, 0.05) is 13.1 Å². The molecule has 0 spiro atoms. The number of benzene rings is 1. The van der Waals surface area contributed by atoms with Crippen molar-refractivity contribution < 1.29 is 14.4 Å². The maximum Gasteiger partial charge on any atom is 0.285 e. The number of fused-ring (bicyclic) bond motifs is 1. The SMILES string of the molecule is CN1CCC(ON2C(=O)c3ccccc3C2=O)CC1. The Bertz CT molecular complexity index is 486. The van der Waals surface area contributed by atoms with E-state index in [0.717, 1.165) is 31.0 Å². The summed E-state index contributed by atoms with van der Waals surface area (Å²) in [6.07, 6.45) is 1.62. The number of nitrogens with zero attached hydrogens (tertiary/aromatic N) is 2. The van der Waals surface area contributed by atoms with Gasteiger partial charge in [0.05, 0.1) is 17.2 Å². The third-order valence-electron chi connectivity index (χ3n) is 3.68. The van der Waals surface area contributed by atoms with Crippen LogP contribution in [0.5, 0.6) is 0 Å². The van der Waals surface area contributed by atoms with Crippen molar-refractivity contribution in [3.8, 4) is 0 Å². The molecule has 0 unspecified atom stereocenters. The van der Waals surface area contributed by atoms with Crippen LogP contribution in [0.25, 0.3) is 0 Å². The van der Waals surface area contributed by atoms with Crippen molar-refractivity contribution in [1.29, 1.82) is 0 Å². The number of likely N-dealkylation sites (tertiary alicyclic amines) is 1. The standard InChI is InChI=1S/C14H16N2O3/c1-15-8-6-10(7-9-15)19-16-13(17)11-4-2-3-5-12(11)14(16)18/h2-5,10H,6-9H2,1H3. The molecule has 2 aliphatic rings. The zero-order valence-corrected chi connectivity index (χ0v) is 10.8. The summed E-state index contributed by atoms with van der Waals surface area (Å²) in [5.74, 6) is -0.695. The van der Waals surface area contributed by atoms with Crippen molar-refractivity contribution >= 4 is 11.8 Å². The summed E-state index contributed by atoms with van der Waals surface area (Å²) in [7, 11) is 2.05. The molecule has 2 heterocycles. The number of amides is 2. The predicted molar refractivity (Wildman–Crippen MR) is 68.5 cm³/mol. The highest BCUT2D eigenvalue weighted by Gasteiger charge is 2.38. The van der Waals surface area contributed by atoms with E-state index in [4.69, 9.17) is 4.84 Å². The van der Waals surface area contributed by atoms with Crippen LogP contribution in [-0.4, -0.2) is 48.0 Å². The maximum atomic E-state index is 12.1. The van der Waals surface area contributed by atoms with Gasteiger partial charge in [0.15, 0.2) is 0 Å². The van der Waals surface area contributed by atoms with Gasteiger partial charge in [-0.3, -0.25) is 14.4 Å². The molecule has 2 aliphatic heterocycles. The Hall–Kier alpha value is -1.72. The van der Waals surface area contributed by atoms with Crippen LogP contribution in [0.15, 0.2) is 24.3 Å². The highest BCUT2D eigenvalue weighted by Crippen LogP contribution is 2.25. The van der Waals surface area contributed by atoms with Gasteiger partial charge in [-0.15, -0.1) is 5.06 Å². The Balaban J connectivity index is 1.74. The quantitative estimate of drug-likeness (QED) is 0.752. The summed E-state index contributed by atoms with van der Waals surface area (Å²) < 4.78 is 0. The molecule has 5 nitrogen and oxygen atoms in total. The van der Waals surface area contributed by atoms with Gasteiger partial charge >= 0.3 is 0 Å². The lowest BCUT2D eigenvalue weighted by Gasteiger charge is -2.30. The molecule has 2 amide bonds. The molecule has 0 N–H and O–H groups in total. The van der Waals surface area contributed by atoms with Crippen LogP contribution in [0.3, 0.4) is 0 Å². The van der Waals surface area contributed by atoms with E-state index in [9.17, 15) is 9.59 Å². The normalized spacial score (nSPS) is 21.0. The lowest BCUT2D eigenvalue weighted by molar-refractivity contribution is -0.144. The lowest BCUT2D eigenvalue weighted by Crippen LogP contribution is -2.40. The molecule has 5 heteroatoms. The molecule has 1 fully saturated rings. The largest absolute Gasteiger partial charge is 0.306 e. The molecule has 0 aromatic heterocycles. The van der Waals surface area contributed by atoms with Crippen LogP contribution in [0, 0.1) is 0 Å². The number of hydrogen-bond donors (Lipinski definition) is 0. The highest BCUT2D eigenvalue weighted by molar-refractivity contribution is 6.20. The highest BCUT2D eigenvalue weighted by atomic mass is 16.7. The molecule has 0 aliphatic carbocycles. The van der Waals surface area contributed by atoms with E-state index in [1.165, 1.54) is 0 Å². The summed E-state index contributed by atoms with van der Waals surface area (Å²) in [6.45, 7) is 1.85. The minimum absolute atomic E-state index is 0.0570. The zero-order valence-electron chi connectivity index (χ0n) is 10.8. The van der Waals surface area contributed by atoms with Crippen LogP contribution < -0.4 is 0 Å². The average Bonchev–Trinajstić information content (AvgIpc) is 2.67. The molecule has 0 bridgehead atoms. The fourth-order valence-electron chi connectivity index (χ4n) is 2.50. The third-order valence-corrected chi connectivity index (χ3v) is 3.68. The van der Waals surface area contributed by atoms with Crippen molar-refractivity contribution in [2.45, 2.75) is 18.9 Å². The Kier molecular flexibility index (Phi) is 3.08. The molecule has 0 atom stereocenters. The summed E-state index contributed by atoms with van der Waals surface area (Å²) in [6, 6.07) is 6.83. The molecule has 0 saturated carbocycles. The molecule has 100 valence electrons. The number of carbonyl (C=O) groups excluding carboxylic acids is 2. The van der Waals surface area contributed by atoms with Crippen molar-refractivity contribution in [3.63, 3.8) is 0 Å². The molecule has 3 rings (SSSR count). The van der Waals surface area contributed by atoms with Crippen molar-refractivity contribution in [2.75, 3.05) is 20.1 Å². The van der Waals surface area contributed by atoms with Gasteiger partial charge in [0.25, 0.3) is 11.8 Å². The monoisotopic (exact) mass is 260 g/mol. The van der Waals surface area contributed by atoms with E-state index in [0.29, 0.717) is 11.1 Å². The van der Waals surface area contributed by atoms with E-state index in [1.54, 1.807) is 24.3 Å². The summed E-state index contributed by atoms with van der Waals surface area (Å²) in [5.41, 5.74) is 0.862. The number of hydrogen-bond acceptors (Lipinski definition) is 4. The van der Waals surface area contributed by atoms with Crippen LogP contribution in [0.1, 0.15) is 33.6 Å². The first-order valence-electron chi connectivity index (χ1n) is 6.50. The van der Waals surface area contributed by atoms with Gasteiger partial charge in [-0.05, 0) is 32.0 Å². The van der Waals surface area contributed by atoms with Crippen molar-refractivity contribution in [1.82, 2.24) is 9.96 Å². The van der Waals surface area contributed by atoms with E-state index >= 15 is 0 Å². The molecule has 0 radical (unpaired) electrons. The van der Waals surface area contributed by atoms with E-state index in [1.807, 2.05) is 0 Å². The predicted octanol–water partition coefficient (Wildman–Crippen LogP) is 1.31. The first-order valence-corrected chi connectivity index (χ1v) is 6.50. The summed E-state index contributed by atoms with van der Waals surface area (Å²) in [5, 5.41) is 0.931. The van der Waals surface area contributed by atoms with E-state index in [2.05, 4.69) is 11.9 Å². The van der Waals surface area contributed by atoms with Crippen LogP contribution in [0.4, 0.5) is 0 Å². The minimum atomic E-state index is -0.348. The van der Waals surface area contributed by atoms with Gasteiger partial charge in [0.2, 0.25) is 0 Å². The minimum Gasteiger partial charge on any atom is -0.306 e. The zero-order chi connectivity index (χ0) is 13.4. The van der Waals surface area contributed by atoms with Crippen LogP contribution in [0.2, 0.25) is 0 Å². The maximum absolute atomic E-state index is 12.1. The first-order chi connectivity index (χ1) is 9.16. The molecule has 1 saturated heterocycles. The second-order valence-corrected chi connectivity index (χ2v) is 5.06. The number of rotatable bonds is 2. The Morgan fingerprint density at radius 2 is 1.58 bits per heavy atom. The third kappa shape index (κ3) is 2.15. The molecule has 1 aromatic carbocycles. The molecule has 1 aromatic rings. The summed E-state index contributed by atoms with van der Waals surface area (Å²) in [4.78, 5) is 32.1. The van der Waals surface area contributed by atoms with E-state index in [-0.39, 0.29) is 17.9 Å². The number of imide groups is 1. The fourth-order valence-corrected chi connectivity index (χ4v) is 2.50. The van der Waals surface area contributed by atoms with Gasteiger partial charge in [-0.2, -0.15) is 0 Å². The van der Waals surface area contributed by atoms with Gasteiger partial charge in [0.1, 0.15) is 0 Å². The average molecular weight is 260 g/mol. The van der Waals surface area contributed by atoms with Crippen molar-refractivity contribution in [2.24, 2.45) is 0 Å². The topological polar surface area (TPSA) is 49.9 Å². The molecular formula is C14H16N2O3. The molecular weight excluding hydrogens is 244 g/mol. The van der Waals surface area contributed by atoms with Gasteiger partial charge in [-0.25, -0.2) is 0 Å². The first kappa shape index (κ1) is 12.3. The van der Waals surface area contributed by atoms with Crippen LogP contribution >= 0.6 is 0 Å². The number of hydroxylamine groups is 2. The van der Waals surface area contributed by atoms with E-state index < -0.39 is 0 Å². The number of piperidine rings is 1. The smallest absolute Gasteiger partial charge is 0.285 e.